The van der Waals surface area contributed by atoms with Gasteiger partial charge in [0.2, 0.25) is 0 Å². The maximum absolute atomic E-state index is 5.48. The largest absolute Gasteiger partial charge is 0.0836 e. The second-order valence-electron chi connectivity index (χ2n) is 1.26. The van der Waals surface area contributed by atoms with Gasteiger partial charge in [-0.15, -0.1) is 0 Å². The first-order chi connectivity index (χ1) is 3.79. The Bertz CT molecular complexity index is 166. The van der Waals surface area contributed by atoms with Gasteiger partial charge >= 0.3 is 0 Å². The van der Waals surface area contributed by atoms with Gasteiger partial charge in [0.25, 0.3) is 0 Å². The maximum atomic E-state index is 5.48. The predicted octanol–water partition coefficient (Wildman–Crippen LogP) is 2.59. The molecule has 0 aromatic heterocycles. The zero-order valence-electron chi connectivity index (χ0n) is 3.91. The fraction of sp³-hybridized carbons (Fsp3) is 0. The van der Waals surface area contributed by atoms with Crippen LogP contribution in [0.4, 0.5) is 0 Å². The average molecular weight is 145 g/mol. The molecule has 0 aliphatic carbocycles. The Morgan fingerprint density at radius 2 is 2.12 bits per heavy atom. The minimum absolute atomic E-state index is 0.428. The number of hydrogen-bond donors (Lipinski definition) is 0. The number of rotatable bonds is 0. The van der Waals surface area contributed by atoms with Crippen molar-refractivity contribution in [3.63, 3.8) is 0 Å². The molecule has 1 aromatic rings. The van der Waals surface area contributed by atoms with Crippen LogP contribution in [0.1, 0.15) is 0 Å². The Labute approximate surface area is 58.0 Å². The monoisotopic (exact) mass is 144 g/mol. The minimum Gasteiger partial charge on any atom is -0.0836 e. The first-order valence-corrected chi connectivity index (χ1v) is 2.79. The Kier molecular flexibility index (Phi) is 1.77. The third-order valence-corrected chi connectivity index (χ3v) is 1.09. The summed E-state index contributed by atoms with van der Waals surface area (Å²) in [5.74, 6) is 0. The molecule has 0 spiro atoms. The maximum Gasteiger partial charge on any atom is 0.0579 e. The average Bonchev–Trinajstić information content (AvgIpc) is 1.64. The summed E-state index contributed by atoms with van der Waals surface area (Å²) in [7, 11) is 0. The molecule has 0 nitrogen and oxygen atoms in total. The molecule has 1 rings (SSSR count). The van der Waals surface area contributed by atoms with E-state index in [4.69, 9.17) is 23.2 Å². The van der Waals surface area contributed by atoms with Crippen LogP contribution in [0.2, 0.25) is 10.0 Å². The SMILES string of the molecule is Clc1[c]ccc(Cl)[c]1. The molecule has 1 aromatic carbocycles. The van der Waals surface area contributed by atoms with Gasteiger partial charge in [-0.25, -0.2) is 0 Å². The minimum atomic E-state index is 0.428. The molecule has 0 heterocycles. The van der Waals surface area contributed by atoms with Gasteiger partial charge in [-0.05, 0) is 6.07 Å². The molecule has 2 heteroatoms. The van der Waals surface area contributed by atoms with Crippen molar-refractivity contribution in [2.75, 3.05) is 0 Å². The highest BCUT2D eigenvalue weighted by Gasteiger charge is 1.86. The highest BCUT2D eigenvalue weighted by molar-refractivity contribution is 6.34. The van der Waals surface area contributed by atoms with Gasteiger partial charge < -0.3 is 0 Å². The van der Waals surface area contributed by atoms with Crippen molar-refractivity contribution >= 4 is 23.2 Å². The van der Waals surface area contributed by atoms with Crippen molar-refractivity contribution in [1.82, 2.24) is 0 Å². The van der Waals surface area contributed by atoms with Crippen LogP contribution in [0.3, 0.4) is 0 Å². The number of hydrogen-bond acceptors (Lipinski definition) is 0. The summed E-state index contributed by atoms with van der Waals surface area (Å²) in [4.78, 5) is 0. The molecule has 0 atom stereocenters. The number of halogens is 2. The molecule has 0 saturated carbocycles. The first kappa shape index (κ1) is 5.93. The van der Waals surface area contributed by atoms with Gasteiger partial charge in [-0.2, -0.15) is 0 Å². The topological polar surface area (TPSA) is 0 Å². The fourth-order valence-electron chi connectivity index (χ4n) is 0.371. The fourth-order valence-corrected chi connectivity index (χ4v) is 0.741. The summed E-state index contributed by atoms with van der Waals surface area (Å²) >= 11 is 10.9. The highest BCUT2D eigenvalue weighted by atomic mass is 35.5. The molecule has 0 N–H and O–H groups in total. The van der Waals surface area contributed by atoms with Gasteiger partial charge in [0.05, 0.1) is 10.0 Å². The summed E-state index contributed by atoms with van der Waals surface area (Å²) in [6, 6.07) is 8.67. The Balaban J connectivity index is 3.08. The lowest BCUT2D eigenvalue weighted by molar-refractivity contribution is 1.67. The van der Waals surface area contributed by atoms with E-state index in [1.54, 1.807) is 12.1 Å². The second-order valence-corrected chi connectivity index (χ2v) is 2.05. The summed E-state index contributed by atoms with van der Waals surface area (Å²) in [6.07, 6.45) is 0. The van der Waals surface area contributed by atoms with E-state index < -0.39 is 0 Å². The van der Waals surface area contributed by atoms with E-state index in [-0.39, 0.29) is 0 Å². The lowest BCUT2D eigenvalue weighted by Crippen LogP contribution is -1.63. The van der Waals surface area contributed by atoms with Crippen molar-refractivity contribution < 1.29 is 0 Å². The predicted molar refractivity (Wildman–Crippen MR) is 34.1 cm³/mol. The molecule has 0 aliphatic heterocycles. The third kappa shape index (κ3) is 1.39. The summed E-state index contributed by atoms with van der Waals surface area (Å²) in [5.41, 5.74) is 0. The Morgan fingerprint density at radius 3 is 2.50 bits per heavy atom. The van der Waals surface area contributed by atoms with Gasteiger partial charge in [-0.3, -0.25) is 0 Å². The first-order valence-electron chi connectivity index (χ1n) is 2.04. The van der Waals surface area contributed by atoms with Gasteiger partial charge in [0.1, 0.15) is 0 Å². The zero-order chi connectivity index (χ0) is 5.98. The molecule has 0 saturated heterocycles. The molecule has 0 amide bonds. The second kappa shape index (κ2) is 2.38. The van der Waals surface area contributed by atoms with E-state index in [1.807, 2.05) is 0 Å². The van der Waals surface area contributed by atoms with Crippen LogP contribution in [-0.4, -0.2) is 0 Å². The van der Waals surface area contributed by atoms with Gasteiger partial charge in [-0.1, -0.05) is 29.3 Å². The zero-order valence-corrected chi connectivity index (χ0v) is 5.42. The summed E-state index contributed by atoms with van der Waals surface area (Å²) in [6.45, 7) is 0. The molecule has 0 aliphatic rings. The van der Waals surface area contributed by atoms with Crippen molar-refractivity contribution in [1.29, 1.82) is 0 Å². The molecule has 0 fully saturated rings. The highest BCUT2D eigenvalue weighted by Crippen LogP contribution is 2.12. The Hall–Kier alpha value is -0.200. The van der Waals surface area contributed by atoms with Gasteiger partial charge in [0, 0.05) is 12.1 Å². The molecule has 40 valence electrons. The smallest absolute Gasteiger partial charge is 0.0579 e. The van der Waals surface area contributed by atoms with Crippen LogP contribution in [0.15, 0.2) is 12.1 Å². The molecule has 0 unspecified atom stereocenters. The van der Waals surface area contributed by atoms with Crippen molar-refractivity contribution in [2.24, 2.45) is 0 Å². The van der Waals surface area contributed by atoms with E-state index in [1.165, 1.54) is 0 Å². The van der Waals surface area contributed by atoms with Crippen LogP contribution in [0.5, 0.6) is 0 Å². The number of benzene rings is 1. The van der Waals surface area contributed by atoms with Crippen molar-refractivity contribution in [3.8, 4) is 0 Å². The molecular formula is C6H2Cl2. The molecule has 0 bridgehead atoms. The van der Waals surface area contributed by atoms with Gasteiger partial charge in [0.15, 0.2) is 0 Å². The quantitative estimate of drug-likeness (QED) is 0.526. The van der Waals surface area contributed by atoms with E-state index in [2.05, 4.69) is 12.1 Å². The van der Waals surface area contributed by atoms with Crippen molar-refractivity contribution in [2.45, 2.75) is 0 Å². The van der Waals surface area contributed by atoms with Crippen LogP contribution in [-0.2, 0) is 0 Å². The van der Waals surface area contributed by atoms with Crippen LogP contribution in [0.25, 0.3) is 0 Å². The normalized spacial score (nSPS) is 9.25. The lowest BCUT2D eigenvalue weighted by atomic mass is 10.4. The van der Waals surface area contributed by atoms with Crippen LogP contribution < -0.4 is 0 Å². The van der Waals surface area contributed by atoms with Crippen molar-refractivity contribution in [3.05, 3.63) is 34.3 Å². The lowest BCUT2D eigenvalue weighted by Gasteiger charge is -1.84. The van der Waals surface area contributed by atoms with E-state index in [0.29, 0.717) is 10.0 Å². The van der Waals surface area contributed by atoms with E-state index in [0.717, 1.165) is 0 Å². The van der Waals surface area contributed by atoms with Crippen LogP contribution in [0, 0.1) is 12.1 Å². The third-order valence-electron chi connectivity index (χ3n) is 0.669. The standard InChI is InChI=1S/C6H2Cl2/c7-5-2-1-3-6(8)4-5/h1-2H. The summed E-state index contributed by atoms with van der Waals surface area (Å²) < 4.78 is 0. The molecule has 2 radical (unpaired) electrons. The summed E-state index contributed by atoms with van der Waals surface area (Å²) in [5, 5.41) is 0.950. The van der Waals surface area contributed by atoms with E-state index >= 15 is 0 Å². The van der Waals surface area contributed by atoms with E-state index in [9.17, 15) is 0 Å². The van der Waals surface area contributed by atoms with Crippen LogP contribution >= 0.6 is 23.2 Å². The molecular weight excluding hydrogens is 143 g/mol. The molecule has 8 heavy (non-hydrogen) atoms. The Morgan fingerprint density at radius 1 is 1.38 bits per heavy atom.